The van der Waals surface area contributed by atoms with Gasteiger partial charge >= 0.3 is 5.91 Å². The van der Waals surface area contributed by atoms with Crippen molar-refractivity contribution in [3.8, 4) is 0 Å². The number of carbonyl (C=O) groups excluding carboxylic acids is 1. The molecule has 1 amide bonds. The van der Waals surface area contributed by atoms with Gasteiger partial charge in [-0.3, -0.25) is 4.68 Å². The summed E-state index contributed by atoms with van der Waals surface area (Å²) in [6, 6.07) is 6.29. The standard InChI is InChI=1S/C26H37N4O5S/c1-29-24-8-7-20(13-22(24)14-27-29)19-5-3-18(4-6-19)16-35-25-15-30(26(31)21-10-12-34-17-21)11-9-23(25)28-36(2,32)33/h7-8,11,13-14,18-19,21,23,25,28H,3-6,9-10,12,15-17H2,1-2H3/q+1/t18?,19?,21-,23+,25-/m1/s1. The maximum atomic E-state index is 12.9. The summed E-state index contributed by atoms with van der Waals surface area (Å²) in [6.45, 7) is 2.01. The number of benzene rings is 1. The van der Waals surface area contributed by atoms with Gasteiger partial charge in [-0.15, -0.1) is 0 Å². The van der Waals surface area contributed by atoms with Crippen LogP contribution in [0.25, 0.3) is 10.9 Å². The molecule has 2 aliphatic heterocycles. The number of aromatic nitrogens is 2. The predicted octanol–water partition coefficient (Wildman–Crippen LogP) is 2.20. The molecule has 1 N–H and O–H groups in total. The Labute approximate surface area is 212 Å². The number of ether oxygens (including phenoxy) is 2. The van der Waals surface area contributed by atoms with Gasteiger partial charge in [0, 0.05) is 25.5 Å². The highest BCUT2D eigenvalue weighted by Gasteiger charge is 2.40. The molecule has 1 saturated heterocycles. The van der Waals surface area contributed by atoms with Crippen molar-refractivity contribution in [2.75, 3.05) is 32.6 Å². The molecule has 0 bridgehead atoms. The minimum atomic E-state index is -3.38. The highest BCUT2D eigenvalue weighted by molar-refractivity contribution is 7.88. The molecule has 0 unspecified atom stereocenters. The summed E-state index contributed by atoms with van der Waals surface area (Å²) in [5, 5.41) is 5.54. The molecule has 3 heterocycles. The van der Waals surface area contributed by atoms with E-state index < -0.39 is 10.0 Å². The zero-order valence-corrected chi connectivity index (χ0v) is 22.0. The number of amides is 1. The number of fused-ring (bicyclic) bond motifs is 1. The van der Waals surface area contributed by atoms with Crippen LogP contribution in [0.4, 0.5) is 0 Å². The molecule has 3 aliphatic rings. The first-order chi connectivity index (χ1) is 17.3. The monoisotopic (exact) mass is 517 g/mol. The van der Waals surface area contributed by atoms with Crippen LogP contribution in [0.1, 0.15) is 50.0 Å². The van der Waals surface area contributed by atoms with E-state index in [1.54, 1.807) is 4.58 Å². The summed E-state index contributed by atoms with van der Waals surface area (Å²) < 4.78 is 42.0. The van der Waals surface area contributed by atoms with Crippen LogP contribution in [0.5, 0.6) is 0 Å². The van der Waals surface area contributed by atoms with Crippen LogP contribution in [0.3, 0.4) is 0 Å². The second-order valence-electron chi connectivity index (χ2n) is 10.6. The fourth-order valence-electron chi connectivity index (χ4n) is 5.86. The Morgan fingerprint density at radius 2 is 2.06 bits per heavy atom. The Kier molecular flexibility index (Phi) is 7.57. The third kappa shape index (κ3) is 5.88. The van der Waals surface area contributed by atoms with Gasteiger partial charge in [0.1, 0.15) is 12.0 Å². The van der Waals surface area contributed by atoms with Gasteiger partial charge in [-0.25, -0.2) is 17.9 Å². The fraction of sp³-hybridized carbons (Fsp3) is 0.654. The van der Waals surface area contributed by atoms with Gasteiger partial charge < -0.3 is 9.47 Å². The molecule has 9 nitrogen and oxygen atoms in total. The average molecular weight is 518 g/mol. The molecule has 10 heteroatoms. The molecule has 36 heavy (non-hydrogen) atoms. The molecule has 1 aromatic carbocycles. The van der Waals surface area contributed by atoms with E-state index in [2.05, 4.69) is 28.0 Å². The highest BCUT2D eigenvalue weighted by atomic mass is 32.2. The van der Waals surface area contributed by atoms with Crippen molar-refractivity contribution in [2.45, 2.75) is 56.6 Å². The van der Waals surface area contributed by atoms with E-state index in [9.17, 15) is 13.2 Å². The largest absolute Gasteiger partial charge is 0.392 e. The van der Waals surface area contributed by atoms with Gasteiger partial charge in [0.15, 0.2) is 12.8 Å². The normalized spacial score (nSPS) is 29.4. The van der Waals surface area contributed by atoms with Crippen LogP contribution in [0, 0.1) is 11.8 Å². The second-order valence-corrected chi connectivity index (χ2v) is 12.4. The van der Waals surface area contributed by atoms with E-state index in [1.807, 2.05) is 24.1 Å². The van der Waals surface area contributed by atoms with Crippen LogP contribution in [0.2, 0.25) is 0 Å². The molecule has 5 rings (SSSR count). The van der Waals surface area contributed by atoms with Gasteiger partial charge in [0.05, 0.1) is 37.2 Å². The Morgan fingerprint density at radius 3 is 2.78 bits per heavy atom. The molecule has 196 valence electrons. The summed E-state index contributed by atoms with van der Waals surface area (Å²) in [5.74, 6) is 0.893. The third-order valence-corrected chi connectivity index (χ3v) is 8.70. The quantitative estimate of drug-likeness (QED) is 0.565. The summed E-state index contributed by atoms with van der Waals surface area (Å²) in [6.07, 6.45) is 10.1. The first kappa shape index (κ1) is 25.5. The molecule has 1 aromatic heterocycles. The minimum absolute atomic E-state index is 0.0463. The number of hydrogen-bond acceptors (Lipinski definition) is 6. The SMILES string of the molecule is Cn1ncc2cc(C3CCC(CO[C@@H]4C[N+](C(=O)[C@@H]5CCOC5)=CC[C@@H]4NS(C)(=O)=O)CC3)ccc21. The molecule has 1 aliphatic carbocycles. The molecule has 1 saturated carbocycles. The predicted molar refractivity (Wildman–Crippen MR) is 137 cm³/mol. The van der Waals surface area contributed by atoms with E-state index in [4.69, 9.17) is 9.47 Å². The van der Waals surface area contributed by atoms with Crippen LogP contribution in [-0.2, 0) is 31.3 Å². The molecule has 0 spiro atoms. The number of hydrogen-bond donors (Lipinski definition) is 1. The summed E-state index contributed by atoms with van der Waals surface area (Å²) in [4.78, 5) is 12.9. The van der Waals surface area contributed by atoms with Crippen LogP contribution in [0.15, 0.2) is 24.4 Å². The highest BCUT2D eigenvalue weighted by Crippen LogP contribution is 2.37. The Morgan fingerprint density at radius 1 is 1.25 bits per heavy atom. The average Bonchev–Trinajstić information content (AvgIpc) is 3.53. The lowest BCUT2D eigenvalue weighted by atomic mass is 9.79. The number of nitrogens with one attached hydrogen (secondary N) is 1. The van der Waals surface area contributed by atoms with Crippen molar-refractivity contribution in [3.05, 3.63) is 30.0 Å². The number of aryl methyl sites for hydroxylation is 1. The maximum Gasteiger partial charge on any atom is 0.392 e. The Bertz CT molecular complexity index is 1230. The van der Waals surface area contributed by atoms with Crippen LogP contribution < -0.4 is 4.72 Å². The van der Waals surface area contributed by atoms with Crippen molar-refractivity contribution in [1.29, 1.82) is 0 Å². The summed E-state index contributed by atoms with van der Waals surface area (Å²) in [7, 11) is -1.42. The van der Waals surface area contributed by atoms with E-state index in [0.29, 0.717) is 44.6 Å². The lowest BCUT2D eigenvalue weighted by Gasteiger charge is -2.32. The van der Waals surface area contributed by atoms with Crippen molar-refractivity contribution in [3.63, 3.8) is 0 Å². The number of rotatable bonds is 7. The number of carbonyl (C=O) groups is 1. The molecule has 2 fully saturated rings. The minimum Gasteiger partial charge on any atom is -0.380 e. The molecule has 3 atom stereocenters. The molecular formula is C26H37N4O5S+. The van der Waals surface area contributed by atoms with E-state index in [-0.39, 0.29) is 24.0 Å². The van der Waals surface area contributed by atoms with E-state index in [0.717, 1.165) is 37.6 Å². The Balaban J connectivity index is 1.18. The van der Waals surface area contributed by atoms with Gasteiger partial charge in [-0.05, 0) is 61.6 Å². The number of nitrogens with zero attached hydrogens (tertiary/aromatic N) is 3. The molecule has 0 radical (unpaired) electrons. The van der Waals surface area contributed by atoms with Crippen LogP contribution in [-0.4, -0.2) is 79.7 Å². The van der Waals surface area contributed by atoms with Gasteiger partial charge in [0.2, 0.25) is 10.0 Å². The smallest absolute Gasteiger partial charge is 0.380 e. The van der Waals surface area contributed by atoms with E-state index >= 15 is 0 Å². The van der Waals surface area contributed by atoms with Crippen molar-refractivity contribution >= 4 is 33.0 Å². The summed E-state index contributed by atoms with van der Waals surface area (Å²) >= 11 is 0. The Hall–Kier alpha value is -2.14. The van der Waals surface area contributed by atoms with Gasteiger partial charge in [0.25, 0.3) is 0 Å². The first-order valence-corrected chi connectivity index (χ1v) is 14.9. The lowest BCUT2D eigenvalue weighted by Crippen LogP contribution is -2.53. The molecular weight excluding hydrogens is 480 g/mol. The lowest BCUT2D eigenvalue weighted by molar-refractivity contribution is -0.467. The van der Waals surface area contributed by atoms with Crippen LogP contribution >= 0.6 is 0 Å². The third-order valence-electron chi connectivity index (χ3n) is 7.97. The first-order valence-electron chi connectivity index (χ1n) is 13.0. The van der Waals surface area contributed by atoms with Gasteiger partial charge in [-0.1, -0.05) is 6.07 Å². The second kappa shape index (κ2) is 10.7. The topological polar surface area (TPSA) is 103 Å². The van der Waals surface area contributed by atoms with Crippen molar-refractivity contribution in [2.24, 2.45) is 18.9 Å². The zero-order valence-electron chi connectivity index (χ0n) is 21.1. The molecule has 2 aromatic rings. The van der Waals surface area contributed by atoms with Gasteiger partial charge in [-0.2, -0.15) is 9.67 Å². The van der Waals surface area contributed by atoms with Crippen molar-refractivity contribution < 1.29 is 27.3 Å². The summed E-state index contributed by atoms with van der Waals surface area (Å²) in [5.41, 5.74) is 2.52. The maximum absolute atomic E-state index is 12.9. The number of sulfonamides is 1. The fourth-order valence-corrected chi connectivity index (χ4v) is 6.66. The van der Waals surface area contributed by atoms with E-state index in [1.165, 1.54) is 17.2 Å². The van der Waals surface area contributed by atoms with Crippen molar-refractivity contribution in [1.82, 2.24) is 14.5 Å². The zero-order chi connectivity index (χ0) is 25.3.